The average Bonchev–Trinajstić information content (AvgIpc) is 2.79. The van der Waals surface area contributed by atoms with E-state index in [4.69, 9.17) is 9.47 Å². The van der Waals surface area contributed by atoms with E-state index < -0.39 is 16.1 Å². The molecule has 33 heavy (non-hydrogen) atoms. The number of nitrogens with zero attached hydrogens (tertiary/aromatic N) is 2. The van der Waals surface area contributed by atoms with E-state index in [9.17, 15) is 18.0 Å². The molecule has 10 nitrogen and oxygen atoms in total. The highest BCUT2D eigenvalue weighted by Crippen LogP contribution is 2.33. The number of nitrogens with one attached hydrogen (secondary N) is 2. The molecule has 2 aliphatic rings. The topological polar surface area (TPSA) is 117 Å². The van der Waals surface area contributed by atoms with Crippen LogP contribution in [0.25, 0.3) is 0 Å². The number of sulfonamides is 1. The highest BCUT2D eigenvalue weighted by atomic mass is 32.2. The first kappa shape index (κ1) is 22.9. The van der Waals surface area contributed by atoms with E-state index in [1.54, 1.807) is 17.9 Å². The van der Waals surface area contributed by atoms with E-state index in [2.05, 4.69) is 10.6 Å². The van der Waals surface area contributed by atoms with E-state index in [1.807, 2.05) is 19.1 Å². The number of ether oxygens (including phenoxy) is 2. The predicted molar refractivity (Wildman–Crippen MR) is 122 cm³/mol. The molecule has 0 spiro atoms. The molecule has 3 amide bonds. The maximum Gasteiger partial charge on any atom is 0.322 e. The number of methoxy groups -OCH3 is 1. The van der Waals surface area contributed by atoms with Crippen molar-refractivity contribution in [1.29, 1.82) is 0 Å². The van der Waals surface area contributed by atoms with Crippen LogP contribution in [0.1, 0.15) is 12.5 Å². The van der Waals surface area contributed by atoms with Gasteiger partial charge in [0, 0.05) is 26.2 Å². The molecule has 4 rings (SSSR count). The van der Waals surface area contributed by atoms with Gasteiger partial charge in [0.15, 0.2) is 6.10 Å². The molecule has 0 aromatic heterocycles. The maximum atomic E-state index is 13.1. The number of fused-ring (bicyclic) bond motifs is 1. The minimum Gasteiger partial charge on any atom is -0.495 e. The lowest BCUT2D eigenvalue weighted by Gasteiger charge is -2.34. The minimum absolute atomic E-state index is 0.0575. The number of amides is 3. The van der Waals surface area contributed by atoms with Gasteiger partial charge in [-0.2, -0.15) is 4.31 Å². The zero-order chi connectivity index (χ0) is 23.8. The van der Waals surface area contributed by atoms with Crippen LogP contribution in [-0.4, -0.2) is 69.0 Å². The van der Waals surface area contributed by atoms with Crippen molar-refractivity contribution in [3.63, 3.8) is 0 Å². The molecule has 0 unspecified atom stereocenters. The summed E-state index contributed by atoms with van der Waals surface area (Å²) in [5.74, 6) is 0.643. The number of carbonyl (C=O) groups is 2. The summed E-state index contributed by atoms with van der Waals surface area (Å²) in [5, 5.41) is 5.50. The first-order valence-electron chi connectivity index (χ1n) is 10.5. The van der Waals surface area contributed by atoms with Gasteiger partial charge in [-0.1, -0.05) is 6.07 Å². The van der Waals surface area contributed by atoms with Gasteiger partial charge in [0.2, 0.25) is 10.0 Å². The van der Waals surface area contributed by atoms with Crippen molar-refractivity contribution in [2.75, 3.05) is 43.9 Å². The van der Waals surface area contributed by atoms with Gasteiger partial charge in [0.05, 0.1) is 23.4 Å². The normalized spacial score (nSPS) is 18.7. The Morgan fingerprint density at radius 1 is 1.15 bits per heavy atom. The van der Waals surface area contributed by atoms with E-state index in [1.165, 1.54) is 29.6 Å². The Morgan fingerprint density at radius 2 is 1.88 bits per heavy atom. The predicted octanol–water partition coefficient (Wildman–Crippen LogP) is 2.26. The molecule has 1 fully saturated rings. The summed E-state index contributed by atoms with van der Waals surface area (Å²) < 4.78 is 38.4. The Hall–Kier alpha value is -3.31. The lowest BCUT2D eigenvalue weighted by molar-refractivity contribution is -0.122. The molecule has 11 heteroatoms. The number of benzene rings is 2. The largest absolute Gasteiger partial charge is 0.495 e. The van der Waals surface area contributed by atoms with Gasteiger partial charge < -0.3 is 25.0 Å². The fourth-order valence-corrected chi connectivity index (χ4v) is 5.19. The van der Waals surface area contributed by atoms with E-state index in [-0.39, 0.29) is 43.0 Å². The van der Waals surface area contributed by atoms with Crippen LogP contribution in [0.15, 0.2) is 41.3 Å². The van der Waals surface area contributed by atoms with Gasteiger partial charge >= 0.3 is 6.03 Å². The third-order valence-electron chi connectivity index (χ3n) is 5.64. The first-order chi connectivity index (χ1) is 15.7. The van der Waals surface area contributed by atoms with Crippen LogP contribution in [0.2, 0.25) is 0 Å². The van der Waals surface area contributed by atoms with Crippen LogP contribution < -0.4 is 20.1 Å². The fraction of sp³-hybridized carbons (Fsp3) is 0.364. The summed E-state index contributed by atoms with van der Waals surface area (Å²) >= 11 is 0. The quantitative estimate of drug-likeness (QED) is 0.702. The Morgan fingerprint density at radius 3 is 2.58 bits per heavy atom. The number of piperazine rings is 1. The molecule has 1 saturated heterocycles. The molecular weight excluding hydrogens is 448 g/mol. The number of anilines is 2. The summed E-state index contributed by atoms with van der Waals surface area (Å²) in [7, 11) is -2.27. The van der Waals surface area contributed by atoms with Crippen LogP contribution in [0.3, 0.4) is 0 Å². The molecule has 176 valence electrons. The second-order valence-electron chi connectivity index (χ2n) is 7.93. The molecule has 1 atom stereocenters. The Kier molecular flexibility index (Phi) is 6.17. The second kappa shape index (κ2) is 8.91. The third-order valence-corrected chi connectivity index (χ3v) is 7.54. The van der Waals surface area contributed by atoms with Crippen LogP contribution in [0.4, 0.5) is 16.2 Å². The first-order valence-corrected chi connectivity index (χ1v) is 12.0. The van der Waals surface area contributed by atoms with E-state index in [0.717, 1.165) is 5.56 Å². The Labute approximate surface area is 192 Å². The highest BCUT2D eigenvalue weighted by molar-refractivity contribution is 7.89. The van der Waals surface area contributed by atoms with Crippen molar-refractivity contribution in [3.05, 3.63) is 42.0 Å². The number of rotatable bonds is 4. The highest BCUT2D eigenvalue weighted by Gasteiger charge is 2.32. The average molecular weight is 475 g/mol. The molecule has 2 N–H and O–H groups in total. The zero-order valence-electron chi connectivity index (χ0n) is 18.6. The van der Waals surface area contributed by atoms with Gasteiger partial charge in [-0.05, 0) is 49.7 Å². The number of carbonyl (C=O) groups excluding carboxylic acids is 2. The van der Waals surface area contributed by atoms with Gasteiger partial charge in [0.25, 0.3) is 5.91 Å². The van der Waals surface area contributed by atoms with E-state index in [0.29, 0.717) is 22.9 Å². The van der Waals surface area contributed by atoms with Gasteiger partial charge in [-0.15, -0.1) is 0 Å². The van der Waals surface area contributed by atoms with Gasteiger partial charge in [0.1, 0.15) is 11.5 Å². The van der Waals surface area contributed by atoms with Crippen LogP contribution in [0.5, 0.6) is 11.5 Å². The maximum absolute atomic E-state index is 13.1. The molecule has 0 bridgehead atoms. The van der Waals surface area contributed by atoms with Crippen LogP contribution in [-0.2, 0) is 14.8 Å². The molecule has 0 aliphatic carbocycles. The fourth-order valence-electron chi connectivity index (χ4n) is 3.74. The lowest BCUT2D eigenvalue weighted by Crippen LogP contribution is -2.51. The summed E-state index contributed by atoms with van der Waals surface area (Å²) in [6, 6.07) is 9.56. The molecular formula is C22H26N4O6S. The number of aryl methyl sites for hydroxylation is 1. The van der Waals surface area contributed by atoms with Crippen LogP contribution >= 0.6 is 0 Å². The lowest BCUT2D eigenvalue weighted by atomic mass is 10.2. The van der Waals surface area contributed by atoms with Crippen molar-refractivity contribution < 1.29 is 27.5 Å². The minimum atomic E-state index is -3.80. The summed E-state index contributed by atoms with van der Waals surface area (Å²) in [6.07, 6.45) is -0.640. The monoisotopic (exact) mass is 474 g/mol. The van der Waals surface area contributed by atoms with Gasteiger partial charge in [-0.25, -0.2) is 13.2 Å². The Bertz CT molecular complexity index is 1190. The smallest absolute Gasteiger partial charge is 0.322 e. The molecule has 2 aliphatic heterocycles. The third kappa shape index (κ3) is 4.60. The Balaban J connectivity index is 1.42. The summed E-state index contributed by atoms with van der Waals surface area (Å²) in [6.45, 7) is 4.31. The molecule has 2 aromatic rings. The van der Waals surface area contributed by atoms with Crippen molar-refractivity contribution in [2.45, 2.75) is 24.8 Å². The SMILES string of the molecule is COc1ccc(C)cc1NC(=O)N1CCN(S(=O)(=O)c2ccc3c(c2)NC(=O)[C@H](C)O3)CC1. The van der Waals surface area contributed by atoms with Gasteiger partial charge in [-0.3, -0.25) is 4.79 Å². The number of hydrogen-bond donors (Lipinski definition) is 2. The van der Waals surface area contributed by atoms with Crippen LogP contribution in [0, 0.1) is 6.92 Å². The number of hydrogen-bond acceptors (Lipinski definition) is 6. The second-order valence-corrected chi connectivity index (χ2v) is 9.87. The molecule has 0 saturated carbocycles. The van der Waals surface area contributed by atoms with Crippen molar-refractivity contribution >= 4 is 33.3 Å². The summed E-state index contributed by atoms with van der Waals surface area (Å²) in [4.78, 5) is 26.2. The number of urea groups is 1. The van der Waals surface area contributed by atoms with Crippen molar-refractivity contribution in [1.82, 2.24) is 9.21 Å². The van der Waals surface area contributed by atoms with Crippen molar-refractivity contribution in [3.8, 4) is 11.5 Å². The molecule has 2 aromatic carbocycles. The zero-order valence-corrected chi connectivity index (χ0v) is 19.4. The van der Waals surface area contributed by atoms with Crippen molar-refractivity contribution in [2.24, 2.45) is 0 Å². The molecule has 0 radical (unpaired) electrons. The summed E-state index contributed by atoms with van der Waals surface area (Å²) in [5.41, 5.74) is 1.86. The van der Waals surface area contributed by atoms with E-state index >= 15 is 0 Å². The standard InChI is InChI=1S/C22H26N4O6S/c1-14-4-6-19(31-3)17(12-14)24-22(28)25-8-10-26(11-9-25)33(29,30)16-5-7-20-18(13-16)23-21(27)15(2)32-20/h4-7,12-13,15H,8-11H2,1-3H3,(H,23,27)(H,24,28)/t15-/m0/s1. The molecule has 2 heterocycles.